The highest BCUT2D eigenvalue weighted by Crippen LogP contribution is 2.50. The van der Waals surface area contributed by atoms with E-state index in [2.05, 4.69) is 60.3 Å². The zero-order valence-corrected chi connectivity index (χ0v) is 19.8. The number of nitriles is 1. The molecule has 0 unspecified atom stereocenters. The molecule has 0 radical (unpaired) electrons. The topological polar surface area (TPSA) is 50.6 Å². The van der Waals surface area contributed by atoms with Crippen LogP contribution >= 0.6 is 0 Å². The van der Waals surface area contributed by atoms with Gasteiger partial charge in [0.2, 0.25) is 0 Å². The monoisotopic (exact) mass is 442 g/mol. The molecule has 0 bridgehead atoms. The third-order valence-corrected chi connectivity index (χ3v) is 8.61. The lowest BCUT2D eigenvalue weighted by Crippen LogP contribution is -2.56. The van der Waals surface area contributed by atoms with Gasteiger partial charge in [-0.25, -0.2) is 4.79 Å². The lowest BCUT2D eigenvalue weighted by molar-refractivity contribution is 0.0172. The minimum absolute atomic E-state index is 0.00580. The Morgan fingerprint density at radius 1 is 1.03 bits per heavy atom. The van der Waals surface area contributed by atoms with Crippen LogP contribution in [0.5, 0.6) is 0 Å². The standard InChI is InChI=1S/C28H34N4O/c1-30(2)28(24-11-4-3-5-12-24)16-14-27(15-17-28)21-31(25-13-7-10-23(18-25)19-29)26(33)32(27)20-22-8-6-9-22/h3-5,7,10-13,18,22H,6,8-9,14-17,20-21H2,1-2H3/t27-,28-. The summed E-state index contributed by atoms with van der Waals surface area (Å²) in [7, 11) is 4.38. The Morgan fingerprint density at radius 3 is 2.36 bits per heavy atom. The molecule has 1 heterocycles. The zero-order chi connectivity index (χ0) is 23.1. The van der Waals surface area contributed by atoms with Gasteiger partial charge in [0.1, 0.15) is 0 Å². The van der Waals surface area contributed by atoms with Crippen LogP contribution < -0.4 is 4.90 Å². The Balaban J connectivity index is 1.46. The van der Waals surface area contributed by atoms with E-state index in [1.54, 1.807) is 6.07 Å². The van der Waals surface area contributed by atoms with Crippen molar-refractivity contribution in [3.05, 3.63) is 65.7 Å². The smallest absolute Gasteiger partial charge is 0.317 e. The van der Waals surface area contributed by atoms with E-state index in [4.69, 9.17) is 0 Å². The first kappa shape index (κ1) is 22.0. The molecule has 2 amide bonds. The fraction of sp³-hybridized carbons (Fsp3) is 0.500. The predicted octanol–water partition coefficient (Wildman–Crippen LogP) is 5.37. The molecule has 3 fully saturated rings. The summed E-state index contributed by atoms with van der Waals surface area (Å²) < 4.78 is 0. The van der Waals surface area contributed by atoms with Gasteiger partial charge in [-0.1, -0.05) is 42.8 Å². The van der Waals surface area contributed by atoms with Crippen LogP contribution in [0, 0.1) is 17.2 Å². The number of amides is 2. The molecule has 5 nitrogen and oxygen atoms in total. The van der Waals surface area contributed by atoms with Crippen molar-refractivity contribution in [2.45, 2.75) is 56.0 Å². The molecule has 33 heavy (non-hydrogen) atoms. The van der Waals surface area contributed by atoms with Gasteiger partial charge in [-0.2, -0.15) is 5.26 Å². The number of urea groups is 1. The first-order chi connectivity index (χ1) is 16.0. The Morgan fingerprint density at radius 2 is 1.76 bits per heavy atom. The average molecular weight is 443 g/mol. The van der Waals surface area contributed by atoms with Gasteiger partial charge >= 0.3 is 6.03 Å². The lowest BCUT2D eigenvalue weighted by Gasteiger charge is -2.51. The maximum atomic E-state index is 13.8. The quantitative estimate of drug-likeness (QED) is 0.625. The van der Waals surface area contributed by atoms with Crippen LogP contribution in [0.15, 0.2) is 54.6 Å². The molecule has 1 saturated heterocycles. The number of nitrogens with zero attached hydrogens (tertiary/aromatic N) is 4. The van der Waals surface area contributed by atoms with Gasteiger partial charge < -0.3 is 4.90 Å². The van der Waals surface area contributed by atoms with E-state index >= 15 is 0 Å². The Hall–Kier alpha value is -2.84. The van der Waals surface area contributed by atoms with Crippen LogP contribution in [0.2, 0.25) is 0 Å². The van der Waals surface area contributed by atoms with Gasteiger partial charge in [0.15, 0.2) is 0 Å². The third-order valence-electron chi connectivity index (χ3n) is 8.61. The maximum absolute atomic E-state index is 13.8. The molecule has 5 heteroatoms. The predicted molar refractivity (Wildman–Crippen MR) is 131 cm³/mol. The second kappa shape index (κ2) is 8.50. The van der Waals surface area contributed by atoms with Crippen molar-refractivity contribution in [3.8, 4) is 6.07 Å². The highest BCUT2D eigenvalue weighted by Gasteiger charge is 2.55. The summed E-state index contributed by atoms with van der Waals surface area (Å²) in [6.45, 7) is 1.58. The largest absolute Gasteiger partial charge is 0.325 e. The molecule has 5 rings (SSSR count). The van der Waals surface area contributed by atoms with Crippen molar-refractivity contribution in [1.29, 1.82) is 5.26 Å². The maximum Gasteiger partial charge on any atom is 0.325 e. The molecular formula is C28H34N4O. The molecule has 2 aromatic carbocycles. The van der Waals surface area contributed by atoms with E-state index < -0.39 is 0 Å². The summed E-state index contributed by atoms with van der Waals surface area (Å²) in [6, 6.07) is 20.7. The van der Waals surface area contributed by atoms with Crippen molar-refractivity contribution < 1.29 is 4.79 Å². The van der Waals surface area contributed by atoms with E-state index in [9.17, 15) is 10.1 Å². The summed E-state index contributed by atoms with van der Waals surface area (Å²) in [5, 5.41) is 9.37. The number of hydrogen-bond donors (Lipinski definition) is 0. The Bertz CT molecular complexity index is 1050. The molecule has 2 aliphatic carbocycles. The van der Waals surface area contributed by atoms with E-state index in [-0.39, 0.29) is 17.1 Å². The average Bonchev–Trinajstić information content (AvgIpc) is 3.08. The number of benzene rings is 2. The van der Waals surface area contributed by atoms with E-state index in [1.165, 1.54) is 24.8 Å². The molecule has 3 aliphatic rings. The summed E-state index contributed by atoms with van der Waals surface area (Å²) in [5.41, 5.74) is 2.70. The lowest BCUT2D eigenvalue weighted by atomic mass is 9.68. The zero-order valence-electron chi connectivity index (χ0n) is 19.8. The molecule has 1 aliphatic heterocycles. The van der Waals surface area contributed by atoms with Gasteiger partial charge in [0.05, 0.1) is 23.7 Å². The fourth-order valence-electron chi connectivity index (χ4n) is 6.25. The van der Waals surface area contributed by atoms with Crippen LogP contribution in [0.4, 0.5) is 10.5 Å². The first-order valence-electron chi connectivity index (χ1n) is 12.3. The molecular weight excluding hydrogens is 408 g/mol. The number of anilines is 1. The van der Waals surface area contributed by atoms with Crippen molar-refractivity contribution >= 4 is 11.7 Å². The number of carbonyl (C=O) groups excluding carboxylic acids is 1. The molecule has 0 N–H and O–H groups in total. The van der Waals surface area contributed by atoms with Crippen LogP contribution in [0.1, 0.15) is 56.1 Å². The molecule has 2 saturated carbocycles. The van der Waals surface area contributed by atoms with Gasteiger partial charge in [-0.15, -0.1) is 0 Å². The van der Waals surface area contributed by atoms with Gasteiger partial charge in [-0.05, 0) is 82.3 Å². The summed E-state index contributed by atoms with van der Waals surface area (Å²) in [5.74, 6) is 0.630. The van der Waals surface area contributed by atoms with Crippen molar-refractivity contribution in [3.63, 3.8) is 0 Å². The van der Waals surface area contributed by atoms with Crippen molar-refractivity contribution in [1.82, 2.24) is 9.80 Å². The van der Waals surface area contributed by atoms with Gasteiger partial charge in [0.25, 0.3) is 0 Å². The van der Waals surface area contributed by atoms with Gasteiger partial charge in [-0.3, -0.25) is 9.80 Å². The Labute approximate surface area is 197 Å². The van der Waals surface area contributed by atoms with Crippen LogP contribution in [-0.2, 0) is 5.54 Å². The number of hydrogen-bond acceptors (Lipinski definition) is 3. The summed E-state index contributed by atoms with van der Waals surface area (Å²) >= 11 is 0. The third kappa shape index (κ3) is 3.71. The SMILES string of the molecule is CN(C)[C@]1(c2ccccc2)CC[C@@]2(CC1)CN(c1cccc(C#N)c1)C(=O)N2CC1CCC1. The molecule has 0 atom stereocenters. The van der Waals surface area contributed by atoms with E-state index in [1.807, 2.05) is 23.1 Å². The summed E-state index contributed by atoms with van der Waals surface area (Å²) in [4.78, 5) is 20.3. The van der Waals surface area contributed by atoms with Gasteiger partial charge in [0, 0.05) is 17.8 Å². The highest BCUT2D eigenvalue weighted by atomic mass is 16.2. The van der Waals surface area contributed by atoms with E-state index in [0.717, 1.165) is 37.9 Å². The Kier molecular flexibility index (Phi) is 5.66. The first-order valence-corrected chi connectivity index (χ1v) is 12.3. The molecule has 1 spiro atoms. The normalized spacial score (nSPS) is 27.8. The molecule has 172 valence electrons. The van der Waals surface area contributed by atoms with Crippen LogP contribution in [-0.4, -0.2) is 48.6 Å². The van der Waals surface area contributed by atoms with Crippen LogP contribution in [0.3, 0.4) is 0 Å². The number of rotatable bonds is 5. The minimum atomic E-state index is -0.135. The highest BCUT2D eigenvalue weighted by molar-refractivity contribution is 5.95. The fourth-order valence-corrected chi connectivity index (χ4v) is 6.25. The second-order valence-electron chi connectivity index (χ2n) is 10.5. The van der Waals surface area contributed by atoms with Crippen molar-refractivity contribution in [2.24, 2.45) is 5.92 Å². The molecule has 2 aromatic rings. The van der Waals surface area contributed by atoms with E-state index in [0.29, 0.717) is 18.0 Å². The second-order valence-corrected chi connectivity index (χ2v) is 10.5. The summed E-state index contributed by atoms with van der Waals surface area (Å²) in [6.07, 6.45) is 7.80. The van der Waals surface area contributed by atoms with Crippen LogP contribution in [0.25, 0.3) is 0 Å². The van der Waals surface area contributed by atoms with Crippen molar-refractivity contribution in [2.75, 3.05) is 32.1 Å². The minimum Gasteiger partial charge on any atom is -0.317 e. The molecule has 0 aromatic heterocycles. The number of carbonyl (C=O) groups is 1.